The van der Waals surface area contributed by atoms with E-state index in [2.05, 4.69) is 9.05 Å². The molecular weight excluding hydrogens is 205 g/mol. The van der Waals surface area contributed by atoms with E-state index >= 15 is 0 Å². The smallest absolute Gasteiger partial charge is 0.302 e. The van der Waals surface area contributed by atoms with E-state index in [4.69, 9.17) is 4.89 Å². The van der Waals surface area contributed by atoms with Crippen LogP contribution in [0.2, 0.25) is 0 Å². The van der Waals surface area contributed by atoms with Gasteiger partial charge in [0.2, 0.25) is 0 Å². The van der Waals surface area contributed by atoms with Crippen LogP contribution in [-0.2, 0) is 13.6 Å². The number of hydrogen-bond acceptors (Lipinski definition) is 3. The second-order valence-corrected chi connectivity index (χ2v) is 4.08. The van der Waals surface area contributed by atoms with Crippen LogP contribution in [0.15, 0.2) is 0 Å². The Morgan fingerprint density at radius 2 is 1.54 bits per heavy atom. The minimum absolute atomic E-state index is 0.547. The lowest BCUT2D eigenvalue weighted by atomic mass is 10.5. The molecule has 1 N–H and O–H groups in total. The van der Waals surface area contributed by atoms with E-state index in [1.165, 1.54) is 0 Å². The lowest BCUT2D eigenvalue weighted by Gasteiger charge is -2.12. The van der Waals surface area contributed by atoms with Crippen molar-refractivity contribution in [2.24, 2.45) is 0 Å². The van der Waals surface area contributed by atoms with Crippen LogP contribution >= 0.6 is 7.82 Å². The molecule has 0 saturated heterocycles. The summed E-state index contributed by atoms with van der Waals surface area (Å²) in [6, 6.07) is 0. The molecule has 4 nitrogen and oxygen atoms in total. The summed E-state index contributed by atoms with van der Waals surface area (Å²) in [5, 5.41) is 0. The largest absolute Gasteiger partial charge is 0.472 e. The molecule has 0 fully saturated rings. The second kappa shape index (κ2) is 5.65. The number of phosphoric acid groups is 1. The van der Waals surface area contributed by atoms with Crippen molar-refractivity contribution in [3.8, 4) is 0 Å². The average Bonchev–Trinajstić information content (AvgIpc) is 1.98. The van der Waals surface area contributed by atoms with Crippen LogP contribution in [0.3, 0.4) is 0 Å². The van der Waals surface area contributed by atoms with Gasteiger partial charge in [-0.05, 0) is 13.8 Å². The van der Waals surface area contributed by atoms with Crippen molar-refractivity contribution in [2.45, 2.75) is 26.2 Å². The summed E-state index contributed by atoms with van der Waals surface area (Å²) in [5.74, 6) is 0. The van der Waals surface area contributed by atoms with Gasteiger partial charge in [-0.15, -0.1) is 0 Å². The Labute approximate surface area is 75.5 Å². The van der Waals surface area contributed by atoms with Gasteiger partial charge in [0, 0.05) is 0 Å². The third-order valence-electron chi connectivity index (χ3n) is 0.935. The molecule has 0 bridgehead atoms. The van der Waals surface area contributed by atoms with E-state index in [1.54, 1.807) is 0 Å². The summed E-state index contributed by atoms with van der Waals surface area (Å²) in [5.41, 5.74) is 0. The number of rotatable bonds is 6. The van der Waals surface area contributed by atoms with Gasteiger partial charge in [0.15, 0.2) is 0 Å². The van der Waals surface area contributed by atoms with E-state index in [-0.39, 0.29) is 0 Å². The fourth-order valence-electron chi connectivity index (χ4n) is 0.431. The molecule has 13 heavy (non-hydrogen) atoms. The summed E-state index contributed by atoms with van der Waals surface area (Å²) >= 11 is 0. The predicted octanol–water partition coefficient (Wildman–Crippen LogP) is 1.84. The van der Waals surface area contributed by atoms with Crippen LogP contribution in [0.5, 0.6) is 0 Å². The second-order valence-electron chi connectivity index (χ2n) is 2.62. The van der Waals surface area contributed by atoms with Crippen molar-refractivity contribution in [2.75, 3.05) is 13.2 Å². The topological polar surface area (TPSA) is 55.8 Å². The number of hydrogen-bond donors (Lipinski definition) is 1. The van der Waals surface area contributed by atoms with Gasteiger partial charge in [0.05, 0.1) is 13.2 Å². The van der Waals surface area contributed by atoms with Crippen molar-refractivity contribution >= 4 is 7.82 Å². The van der Waals surface area contributed by atoms with Crippen LogP contribution in [0, 0.1) is 0 Å². The molecule has 0 rings (SSSR count). The maximum Gasteiger partial charge on any atom is 0.472 e. The minimum atomic E-state index is -4.28. The van der Waals surface area contributed by atoms with Crippen LogP contribution < -0.4 is 0 Å². The standard InChI is InChI=1S/C6H13F2O4P/c1-5(7)3-11-13(9,10)12-4-6(2)8/h5-6H,3-4H2,1-2H3,(H,9,10). The Hall–Kier alpha value is -0.0300. The van der Waals surface area contributed by atoms with Crippen molar-refractivity contribution in [3.05, 3.63) is 0 Å². The van der Waals surface area contributed by atoms with Crippen molar-refractivity contribution in [1.29, 1.82) is 0 Å². The van der Waals surface area contributed by atoms with Gasteiger partial charge in [0.1, 0.15) is 12.3 Å². The average molecular weight is 218 g/mol. The first-order valence-corrected chi connectivity index (χ1v) is 5.23. The molecule has 7 heteroatoms. The molecule has 0 radical (unpaired) electrons. The molecule has 2 atom stereocenters. The van der Waals surface area contributed by atoms with Gasteiger partial charge in [-0.2, -0.15) is 0 Å². The molecule has 0 spiro atoms. The van der Waals surface area contributed by atoms with E-state index in [0.29, 0.717) is 0 Å². The maximum atomic E-state index is 12.1. The molecule has 0 aromatic rings. The third kappa shape index (κ3) is 8.30. The van der Waals surface area contributed by atoms with Crippen LogP contribution in [-0.4, -0.2) is 30.5 Å². The van der Waals surface area contributed by atoms with E-state index in [9.17, 15) is 13.3 Å². The SMILES string of the molecule is CC(F)COP(=O)(O)OCC(C)F. The van der Waals surface area contributed by atoms with Gasteiger partial charge in [0.25, 0.3) is 0 Å². The molecule has 0 aromatic carbocycles. The molecule has 0 aromatic heterocycles. The molecule has 80 valence electrons. The summed E-state index contributed by atoms with van der Waals surface area (Å²) < 4.78 is 43.5. The van der Waals surface area contributed by atoms with Crippen LogP contribution in [0.1, 0.15) is 13.8 Å². The first kappa shape index (κ1) is 13.0. The van der Waals surface area contributed by atoms with E-state index in [0.717, 1.165) is 13.8 Å². The van der Waals surface area contributed by atoms with Gasteiger partial charge < -0.3 is 4.89 Å². The minimum Gasteiger partial charge on any atom is -0.302 e. The summed E-state index contributed by atoms with van der Waals surface area (Å²) in [6.07, 6.45) is -2.74. The van der Waals surface area contributed by atoms with Crippen LogP contribution in [0.25, 0.3) is 0 Å². The van der Waals surface area contributed by atoms with Gasteiger partial charge in [-0.3, -0.25) is 9.05 Å². The summed E-state index contributed by atoms with van der Waals surface area (Å²) in [4.78, 5) is 8.79. The maximum absolute atomic E-state index is 12.1. The highest BCUT2D eigenvalue weighted by Gasteiger charge is 2.22. The predicted molar refractivity (Wildman–Crippen MR) is 42.9 cm³/mol. The quantitative estimate of drug-likeness (QED) is 0.691. The monoisotopic (exact) mass is 218 g/mol. The number of phosphoric ester groups is 1. The van der Waals surface area contributed by atoms with Crippen LogP contribution in [0.4, 0.5) is 8.78 Å². The normalized spacial score (nSPS) is 20.7. The summed E-state index contributed by atoms with van der Waals surface area (Å²) in [7, 11) is -4.28. The zero-order valence-corrected chi connectivity index (χ0v) is 8.34. The highest BCUT2D eigenvalue weighted by molar-refractivity contribution is 7.47. The highest BCUT2D eigenvalue weighted by atomic mass is 31.2. The Kier molecular flexibility index (Phi) is 5.64. The fraction of sp³-hybridized carbons (Fsp3) is 1.00. The third-order valence-corrected chi connectivity index (χ3v) is 1.89. The Morgan fingerprint density at radius 3 is 1.77 bits per heavy atom. The Bertz CT molecular complexity index is 169. The lowest BCUT2D eigenvalue weighted by Crippen LogP contribution is -2.09. The van der Waals surface area contributed by atoms with Gasteiger partial charge in [-0.25, -0.2) is 13.3 Å². The lowest BCUT2D eigenvalue weighted by molar-refractivity contribution is 0.103. The highest BCUT2D eigenvalue weighted by Crippen LogP contribution is 2.43. The molecule has 0 heterocycles. The zero-order chi connectivity index (χ0) is 10.5. The number of halogens is 2. The Morgan fingerprint density at radius 1 is 1.23 bits per heavy atom. The van der Waals surface area contributed by atoms with E-state index < -0.39 is 33.4 Å². The van der Waals surface area contributed by atoms with E-state index in [1.807, 2.05) is 0 Å². The Balaban J connectivity index is 3.74. The van der Waals surface area contributed by atoms with Gasteiger partial charge >= 0.3 is 7.82 Å². The zero-order valence-electron chi connectivity index (χ0n) is 7.44. The molecule has 0 amide bonds. The number of alkyl halides is 2. The van der Waals surface area contributed by atoms with Crippen molar-refractivity contribution < 1.29 is 27.3 Å². The molecule has 0 aliphatic heterocycles. The molecular formula is C6H13F2O4P. The molecule has 2 unspecified atom stereocenters. The van der Waals surface area contributed by atoms with Crippen molar-refractivity contribution in [3.63, 3.8) is 0 Å². The molecule has 0 aliphatic carbocycles. The first-order chi connectivity index (χ1) is 5.83. The van der Waals surface area contributed by atoms with Gasteiger partial charge in [-0.1, -0.05) is 0 Å². The first-order valence-electron chi connectivity index (χ1n) is 3.73. The molecule has 0 saturated carbocycles. The summed E-state index contributed by atoms with van der Waals surface area (Å²) in [6.45, 7) is 1.23. The fourth-order valence-corrected chi connectivity index (χ4v) is 1.29. The van der Waals surface area contributed by atoms with Crippen molar-refractivity contribution in [1.82, 2.24) is 0 Å². The molecule has 0 aliphatic rings.